The van der Waals surface area contributed by atoms with Crippen LogP contribution in [0.3, 0.4) is 0 Å². The number of hydrogen-bond donors (Lipinski definition) is 1. The van der Waals surface area contributed by atoms with E-state index in [0.29, 0.717) is 17.8 Å². The van der Waals surface area contributed by atoms with Gasteiger partial charge in [0.05, 0.1) is 17.6 Å². The second-order valence-electron chi connectivity index (χ2n) is 6.95. The third kappa shape index (κ3) is 3.09. The number of rotatable bonds is 3. The smallest absolute Gasteiger partial charge is 0.161 e. The minimum Gasteiger partial charge on any atom is -0.384 e. The number of nitrogens with two attached hydrogens (primary N) is 1. The lowest BCUT2D eigenvalue weighted by atomic mass is 9.78. The molecular weight excluding hydrogens is 434 g/mol. The Morgan fingerprint density at radius 2 is 2.00 bits per heavy atom. The predicted octanol–water partition coefficient (Wildman–Crippen LogP) is 5.38. The van der Waals surface area contributed by atoms with Crippen molar-refractivity contribution in [3.05, 3.63) is 73.3 Å². The number of allylic oxidation sites excluding steroid dienone is 3. The number of aryl methyl sites for hydroxylation is 1. The lowest BCUT2D eigenvalue weighted by Gasteiger charge is -2.39. The van der Waals surface area contributed by atoms with Gasteiger partial charge in [-0.3, -0.25) is 9.69 Å². The highest BCUT2D eigenvalue weighted by molar-refractivity contribution is 9.10. The number of thiophene rings is 1. The van der Waals surface area contributed by atoms with Gasteiger partial charge in [0, 0.05) is 37.6 Å². The molecule has 4 nitrogen and oxygen atoms in total. The van der Waals surface area contributed by atoms with Crippen LogP contribution in [0, 0.1) is 11.3 Å². The fourth-order valence-corrected chi connectivity index (χ4v) is 5.33. The average molecular weight is 454 g/mol. The van der Waals surface area contributed by atoms with Crippen LogP contribution in [0.1, 0.15) is 41.9 Å². The number of hydrogen-bond acceptors (Lipinski definition) is 5. The van der Waals surface area contributed by atoms with Crippen molar-refractivity contribution < 1.29 is 4.79 Å². The number of carbonyl (C=O) groups excluding carboxylic acids is 1. The molecule has 0 bridgehead atoms. The number of ketones is 1. The van der Waals surface area contributed by atoms with Crippen LogP contribution in [0.5, 0.6) is 0 Å². The molecule has 0 saturated heterocycles. The first-order valence-electron chi connectivity index (χ1n) is 9.35. The monoisotopic (exact) mass is 453 g/mol. The summed E-state index contributed by atoms with van der Waals surface area (Å²) in [7, 11) is 0. The molecule has 4 rings (SSSR count). The van der Waals surface area contributed by atoms with E-state index in [1.54, 1.807) is 11.3 Å². The molecule has 1 aromatic carbocycles. The van der Waals surface area contributed by atoms with Crippen LogP contribution in [0.25, 0.3) is 0 Å². The van der Waals surface area contributed by atoms with Gasteiger partial charge in [-0.1, -0.05) is 22.9 Å². The maximum absolute atomic E-state index is 13.0. The fraction of sp³-hybridized carbons (Fsp3) is 0.273. The lowest BCUT2D eigenvalue weighted by Crippen LogP contribution is -2.38. The Labute approximate surface area is 177 Å². The molecule has 1 aliphatic heterocycles. The Kier molecular flexibility index (Phi) is 5.13. The molecule has 142 valence electrons. The van der Waals surface area contributed by atoms with Crippen LogP contribution in [0.15, 0.2) is 63.5 Å². The first-order valence-corrected chi connectivity index (χ1v) is 11.0. The highest BCUT2D eigenvalue weighted by atomic mass is 79.9. The average Bonchev–Trinajstić information content (AvgIpc) is 3.17. The summed E-state index contributed by atoms with van der Waals surface area (Å²) in [5, 5.41) is 9.99. The Balaban J connectivity index is 1.93. The van der Waals surface area contributed by atoms with Crippen molar-refractivity contribution in [1.29, 1.82) is 5.26 Å². The minimum absolute atomic E-state index is 0.125. The van der Waals surface area contributed by atoms with Crippen LogP contribution >= 0.6 is 27.3 Å². The van der Waals surface area contributed by atoms with Crippen molar-refractivity contribution in [2.24, 2.45) is 5.73 Å². The summed E-state index contributed by atoms with van der Waals surface area (Å²) in [5.74, 6) is 0.194. The summed E-state index contributed by atoms with van der Waals surface area (Å²) in [4.78, 5) is 17.2. The standard InChI is InChI=1S/C22H20BrN3OS/c1-2-15-10-11-19(28-15)20-16(12-24)22(25)26(14-8-6-13(23)7-9-14)17-4-3-5-18(27)21(17)20/h6-11,20H,2-5,25H2,1H3/t20-/m0/s1. The molecule has 1 aliphatic carbocycles. The summed E-state index contributed by atoms with van der Waals surface area (Å²) in [6.07, 6.45) is 3.04. The Bertz CT molecular complexity index is 1040. The first kappa shape index (κ1) is 19.0. The molecule has 0 fully saturated rings. The molecule has 0 unspecified atom stereocenters. The number of nitriles is 1. The molecule has 2 aliphatic rings. The lowest BCUT2D eigenvalue weighted by molar-refractivity contribution is -0.116. The van der Waals surface area contributed by atoms with Gasteiger partial charge in [-0.05, 0) is 55.7 Å². The van der Waals surface area contributed by atoms with Crippen molar-refractivity contribution in [2.75, 3.05) is 4.90 Å². The molecule has 28 heavy (non-hydrogen) atoms. The molecule has 2 heterocycles. The molecule has 2 N–H and O–H groups in total. The second-order valence-corrected chi connectivity index (χ2v) is 9.07. The zero-order chi connectivity index (χ0) is 19.8. The normalized spacial score (nSPS) is 19.7. The Morgan fingerprint density at radius 3 is 2.64 bits per heavy atom. The zero-order valence-corrected chi connectivity index (χ0v) is 17.9. The van der Waals surface area contributed by atoms with Gasteiger partial charge in [0.2, 0.25) is 0 Å². The van der Waals surface area contributed by atoms with Gasteiger partial charge in [-0.25, -0.2) is 0 Å². The Morgan fingerprint density at radius 1 is 1.25 bits per heavy atom. The van der Waals surface area contributed by atoms with Crippen molar-refractivity contribution in [2.45, 2.75) is 38.5 Å². The molecular formula is C22H20BrN3OS. The number of benzene rings is 1. The second kappa shape index (κ2) is 7.57. The number of anilines is 1. The third-order valence-corrected chi connectivity index (χ3v) is 7.14. The van der Waals surface area contributed by atoms with Crippen LogP contribution in [0.4, 0.5) is 5.69 Å². The minimum atomic E-state index is -0.357. The van der Waals surface area contributed by atoms with Gasteiger partial charge in [-0.15, -0.1) is 11.3 Å². The summed E-state index contributed by atoms with van der Waals surface area (Å²) in [5.41, 5.74) is 9.56. The van der Waals surface area contributed by atoms with E-state index in [-0.39, 0.29) is 11.7 Å². The van der Waals surface area contributed by atoms with E-state index in [2.05, 4.69) is 35.0 Å². The van der Waals surface area contributed by atoms with Crippen LogP contribution in [-0.2, 0) is 11.2 Å². The first-order chi connectivity index (χ1) is 13.5. The topological polar surface area (TPSA) is 70.1 Å². The van der Waals surface area contributed by atoms with Crippen molar-refractivity contribution in [3.8, 4) is 6.07 Å². The van der Waals surface area contributed by atoms with Gasteiger partial charge < -0.3 is 5.73 Å². The summed E-state index contributed by atoms with van der Waals surface area (Å²) < 4.78 is 0.966. The van der Waals surface area contributed by atoms with E-state index in [1.807, 2.05) is 35.2 Å². The predicted molar refractivity (Wildman–Crippen MR) is 116 cm³/mol. The van der Waals surface area contributed by atoms with Gasteiger partial charge >= 0.3 is 0 Å². The molecule has 0 saturated carbocycles. The summed E-state index contributed by atoms with van der Waals surface area (Å²) in [6.45, 7) is 2.11. The van der Waals surface area contributed by atoms with Gasteiger partial charge in [-0.2, -0.15) is 5.26 Å². The van der Waals surface area contributed by atoms with E-state index in [0.717, 1.165) is 45.6 Å². The summed E-state index contributed by atoms with van der Waals surface area (Å²) in [6, 6.07) is 14.2. The van der Waals surface area contributed by atoms with Gasteiger partial charge in [0.25, 0.3) is 0 Å². The third-order valence-electron chi connectivity index (χ3n) is 5.31. The van der Waals surface area contributed by atoms with Crippen LogP contribution in [0.2, 0.25) is 0 Å². The van der Waals surface area contributed by atoms with Crippen molar-refractivity contribution >= 4 is 38.7 Å². The molecule has 1 aromatic heterocycles. The van der Waals surface area contributed by atoms with E-state index < -0.39 is 0 Å². The largest absolute Gasteiger partial charge is 0.384 e. The van der Waals surface area contributed by atoms with Crippen LogP contribution in [-0.4, -0.2) is 5.78 Å². The highest BCUT2D eigenvalue weighted by Crippen LogP contribution is 2.47. The van der Waals surface area contributed by atoms with E-state index >= 15 is 0 Å². The molecule has 0 amide bonds. The van der Waals surface area contributed by atoms with Crippen LogP contribution < -0.4 is 10.6 Å². The number of Topliss-reactive ketones (excluding diaryl/α,β-unsaturated/α-hetero) is 1. The van der Waals surface area contributed by atoms with E-state index in [9.17, 15) is 10.1 Å². The molecule has 0 radical (unpaired) electrons. The SMILES string of the molecule is CCc1ccc([C@@H]2C(C#N)=C(N)N(c3ccc(Br)cc3)C3=C2C(=O)CCC3)s1. The quantitative estimate of drug-likeness (QED) is 0.676. The van der Waals surface area contributed by atoms with E-state index in [1.165, 1.54) is 4.88 Å². The Hall–Kier alpha value is -2.36. The highest BCUT2D eigenvalue weighted by Gasteiger charge is 2.40. The van der Waals surface area contributed by atoms with Gasteiger partial charge in [0.15, 0.2) is 5.78 Å². The van der Waals surface area contributed by atoms with Crippen molar-refractivity contribution in [1.82, 2.24) is 0 Å². The molecule has 2 aromatic rings. The molecule has 1 atom stereocenters. The zero-order valence-electron chi connectivity index (χ0n) is 15.5. The number of nitrogens with zero attached hydrogens (tertiary/aromatic N) is 2. The van der Waals surface area contributed by atoms with Gasteiger partial charge in [0.1, 0.15) is 5.82 Å². The fourth-order valence-electron chi connectivity index (χ4n) is 4.00. The van der Waals surface area contributed by atoms with E-state index in [4.69, 9.17) is 5.73 Å². The molecule has 6 heteroatoms. The number of halogens is 1. The summed E-state index contributed by atoms with van der Waals surface area (Å²) >= 11 is 5.12. The number of carbonyl (C=O) groups is 1. The maximum Gasteiger partial charge on any atom is 0.161 e. The van der Waals surface area contributed by atoms with Crippen molar-refractivity contribution in [3.63, 3.8) is 0 Å². The molecule has 0 spiro atoms. The maximum atomic E-state index is 13.0.